The van der Waals surface area contributed by atoms with E-state index in [2.05, 4.69) is 140 Å². The largest absolute Gasteiger partial charge is 0.159 e. The van der Waals surface area contributed by atoms with Crippen molar-refractivity contribution in [2.45, 2.75) is 108 Å². The molecule has 226 valence electrons. The fourth-order valence-electron chi connectivity index (χ4n) is 5.75. The van der Waals surface area contributed by atoms with E-state index in [-0.39, 0.29) is 10.8 Å². The van der Waals surface area contributed by atoms with E-state index >= 15 is 0 Å². The smallest absolute Gasteiger partial charge is 0.0498 e. The fourth-order valence-corrected chi connectivity index (χ4v) is 5.75. The Bertz CT molecular complexity index is 1200. The van der Waals surface area contributed by atoms with Crippen LogP contribution in [0, 0.1) is 10.8 Å². The van der Waals surface area contributed by atoms with Crippen molar-refractivity contribution in [3.8, 4) is 0 Å². The second-order valence-corrected chi connectivity index (χ2v) is 13.4. The van der Waals surface area contributed by atoms with Gasteiger partial charge in [-0.25, -0.2) is 0 Å². The molecular formula is C40H56N2. The molecular weight excluding hydrogens is 508 g/mol. The molecule has 0 aromatic rings. The molecule has 2 aliphatic carbocycles. The average Bonchev–Trinajstić information content (AvgIpc) is 2.89. The Balaban J connectivity index is 1.84. The van der Waals surface area contributed by atoms with E-state index < -0.39 is 0 Å². The zero-order valence-corrected chi connectivity index (χ0v) is 28.2. The molecule has 0 fully saturated rings. The molecule has 0 amide bonds. The lowest BCUT2D eigenvalue weighted by Gasteiger charge is -2.33. The maximum Gasteiger partial charge on any atom is 0.0498 e. The van der Waals surface area contributed by atoms with Gasteiger partial charge in [-0.15, -0.1) is 0 Å². The van der Waals surface area contributed by atoms with Gasteiger partial charge in [-0.2, -0.15) is 10.2 Å². The topological polar surface area (TPSA) is 24.7 Å². The number of nitrogens with zero attached hydrogens (tertiary/aromatic N) is 2. The van der Waals surface area contributed by atoms with Crippen LogP contribution >= 0.6 is 0 Å². The first-order valence-corrected chi connectivity index (χ1v) is 15.7. The molecule has 0 atom stereocenters. The second-order valence-electron chi connectivity index (χ2n) is 13.4. The van der Waals surface area contributed by atoms with Crippen LogP contribution in [-0.2, 0) is 0 Å². The third-order valence-corrected chi connectivity index (χ3v) is 8.42. The molecule has 0 aromatic carbocycles. The van der Waals surface area contributed by atoms with Crippen molar-refractivity contribution < 1.29 is 0 Å². The number of allylic oxidation sites excluding steroid dienone is 20. The van der Waals surface area contributed by atoms with Gasteiger partial charge in [0.2, 0.25) is 0 Å². The average molecular weight is 565 g/mol. The van der Waals surface area contributed by atoms with Gasteiger partial charge in [-0.1, -0.05) is 111 Å². The number of hydrogen-bond donors (Lipinski definition) is 0. The van der Waals surface area contributed by atoms with Crippen molar-refractivity contribution in [3.63, 3.8) is 0 Å². The Labute approximate surface area is 258 Å². The molecule has 0 aromatic heterocycles. The minimum Gasteiger partial charge on any atom is -0.159 e. The Morgan fingerprint density at radius 2 is 0.905 bits per heavy atom. The number of rotatable bonds is 11. The Kier molecular flexibility index (Phi) is 14.1. The summed E-state index contributed by atoms with van der Waals surface area (Å²) in [6, 6.07) is 0. The van der Waals surface area contributed by atoms with Gasteiger partial charge in [0.1, 0.15) is 0 Å². The highest BCUT2D eigenvalue weighted by Crippen LogP contribution is 2.41. The lowest BCUT2D eigenvalue weighted by molar-refractivity contribution is 0.376. The van der Waals surface area contributed by atoms with Gasteiger partial charge >= 0.3 is 0 Å². The summed E-state index contributed by atoms with van der Waals surface area (Å²) in [4.78, 5) is 0. The summed E-state index contributed by atoms with van der Waals surface area (Å²) < 4.78 is 0. The summed E-state index contributed by atoms with van der Waals surface area (Å²) >= 11 is 0. The molecule has 0 saturated carbocycles. The van der Waals surface area contributed by atoms with Crippen molar-refractivity contribution in [3.05, 3.63) is 117 Å². The summed E-state index contributed by atoms with van der Waals surface area (Å²) in [6.45, 7) is 22.4. The van der Waals surface area contributed by atoms with Crippen LogP contribution in [0.2, 0.25) is 0 Å². The third kappa shape index (κ3) is 12.3. The van der Waals surface area contributed by atoms with Crippen LogP contribution in [0.1, 0.15) is 108 Å². The van der Waals surface area contributed by atoms with E-state index in [0.717, 1.165) is 11.1 Å². The van der Waals surface area contributed by atoms with Gasteiger partial charge in [0.15, 0.2) is 0 Å². The zero-order valence-electron chi connectivity index (χ0n) is 28.2. The Morgan fingerprint density at radius 3 is 1.26 bits per heavy atom. The quantitative estimate of drug-likeness (QED) is 0.135. The predicted molar refractivity (Wildman–Crippen MR) is 189 cm³/mol. The van der Waals surface area contributed by atoms with Crippen LogP contribution in [0.3, 0.4) is 0 Å². The zero-order chi connectivity index (χ0) is 31.2. The van der Waals surface area contributed by atoms with Gasteiger partial charge in [0, 0.05) is 12.4 Å². The summed E-state index contributed by atoms with van der Waals surface area (Å²) in [7, 11) is 0. The summed E-state index contributed by atoms with van der Waals surface area (Å²) in [5.74, 6) is 0. The maximum absolute atomic E-state index is 4.13. The van der Waals surface area contributed by atoms with Gasteiger partial charge < -0.3 is 0 Å². The molecule has 2 aliphatic rings. The number of hydrogen-bond acceptors (Lipinski definition) is 2. The van der Waals surface area contributed by atoms with E-state index in [9.17, 15) is 0 Å². The van der Waals surface area contributed by atoms with Gasteiger partial charge in [0.25, 0.3) is 0 Å². The molecule has 2 nitrogen and oxygen atoms in total. The molecule has 2 rings (SSSR count). The minimum atomic E-state index is 0.277. The molecule has 0 spiro atoms. The van der Waals surface area contributed by atoms with Crippen LogP contribution in [0.4, 0.5) is 0 Å². The molecule has 0 N–H and O–H groups in total. The third-order valence-electron chi connectivity index (χ3n) is 8.42. The highest BCUT2D eigenvalue weighted by Gasteiger charge is 2.27. The normalized spacial score (nSPS) is 21.7. The standard InChI is InChI=1S/C40H56N2/c1-31(21-23-37-35(5)19-13-27-39(37,7)8)15-11-17-33(3)25-29-41-42-30-26-34(4)18-12-16-32(2)22-24-38-36(6)20-14-28-40(38,9)10/h11-12,15-18,21-26,29-30H,13-14,19-20,27-28H2,1-10H3/b17-11-,18-12-,23-21-,24-22+,31-15+,32-16+,33-25+,34-26-,41-29+,42-30+. The lowest BCUT2D eigenvalue weighted by Crippen LogP contribution is -2.19. The minimum absolute atomic E-state index is 0.277. The van der Waals surface area contributed by atoms with Crippen molar-refractivity contribution in [2.24, 2.45) is 21.0 Å². The first kappa shape index (κ1) is 34.9. The van der Waals surface area contributed by atoms with Gasteiger partial charge in [0.05, 0.1) is 0 Å². The van der Waals surface area contributed by atoms with Crippen LogP contribution < -0.4 is 0 Å². The molecule has 0 bridgehead atoms. The van der Waals surface area contributed by atoms with E-state index in [1.54, 1.807) is 12.4 Å². The monoisotopic (exact) mass is 564 g/mol. The predicted octanol–water partition coefficient (Wildman–Crippen LogP) is 12.1. The molecule has 0 saturated heterocycles. The van der Waals surface area contributed by atoms with Crippen molar-refractivity contribution in [1.82, 2.24) is 0 Å². The van der Waals surface area contributed by atoms with Crippen molar-refractivity contribution in [2.75, 3.05) is 0 Å². The van der Waals surface area contributed by atoms with Crippen LogP contribution in [0.25, 0.3) is 0 Å². The lowest BCUT2D eigenvalue weighted by atomic mass is 9.72. The molecule has 0 unspecified atom stereocenters. The fraction of sp³-hybridized carbons (Fsp3) is 0.450. The van der Waals surface area contributed by atoms with Gasteiger partial charge in [-0.05, 0) is 125 Å². The van der Waals surface area contributed by atoms with Crippen LogP contribution in [0.15, 0.2) is 128 Å². The maximum atomic E-state index is 4.13. The van der Waals surface area contributed by atoms with E-state index in [0.29, 0.717) is 0 Å². The van der Waals surface area contributed by atoms with E-state index in [1.807, 2.05) is 12.2 Å². The highest BCUT2D eigenvalue weighted by molar-refractivity contribution is 5.76. The Hall–Kier alpha value is -3.26. The van der Waals surface area contributed by atoms with E-state index in [4.69, 9.17) is 0 Å². The van der Waals surface area contributed by atoms with Crippen molar-refractivity contribution >= 4 is 12.4 Å². The Morgan fingerprint density at radius 1 is 0.548 bits per heavy atom. The van der Waals surface area contributed by atoms with E-state index in [1.165, 1.54) is 72.0 Å². The summed E-state index contributed by atoms with van der Waals surface area (Å²) in [6.07, 6.45) is 36.8. The van der Waals surface area contributed by atoms with Gasteiger partial charge in [-0.3, -0.25) is 0 Å². The molecule has 0 radical (unpaired) electrons. The first-order chi connectivity index (χ1) is 19.8. The molecule has 0 heterocycles. The highest BCUT2D eigenvalue weighted by atomic mass is 15.2. The summed E-state index contributed by atoms with van der Waals surface area (Å²) in [5, 5.41) is 8.26. The SMILES string of the molecule is CC1=C(\C=C/C(C)=C/C=C\C(C)=C\C=N\N=C\C=C(C)/C=C\C=C(C)\C=C\C2=C(C)CCCC2(C)C)C(C)(C)CCC1. The summed E-state index contributed by atoms with van der Waals surface area (Å²) in [5.41, 5.74) is 11.4. The molecule has 0 aliphatic heterocycles. The first-order valence-electron chi connectivity index (χ1n) is 15.7. The van der Waals surface area contributed by atoms with Crippen molar-refractivity contribution in [1.29, 1.82) is 0 Å². The molecule has 2 heteroatoms. The second kappa shape index (κ2) is 17.0. The van der Waals surface area contributed by atoms with Crippen LogP contribution in [0.5, 0.6) is 0 Å². The molecule has 42 heavy (non-hydrogen) atoms. The van der Waals surface area contributed by atoms with Crippen LogP contribution in [-0.4, -0.2) is 12.4 Å².